The fourth-order valence-electron chi connectivity index (χ4n) is 3.03. The number of carbonyl (C=O) groups is 1. The van der Waals surface area contributed by atoms with E-state index in [9.17, 15) is 26.4 Å². The second-order valence-corrected chi connectivity index (χ2v) is 9.02. The van der Waals surface area contributed by atoms with Gasteiger partial charge in [-0.3, -0.25) is 4.79 Å². The summed E-state index contributed by atoms with van der Waals surface area (Å²) >= 11 is 0. The smallest absolute Gasteiger partial charge is 0.380 e. The number of rotatable bonds is 8. The van der Waals surface area contributed by atoms with Gasteiger partial charge in [0, 0.05) is 18.8 Å². The van der Waals surface area contributed by atoms with Gasteiger partial charge < -0.3 is 10.6 Å². The summed E-state index contributed by atoms with van der Waals surface area (Å²) in [6.45, 7) is 0.371. The summed E-state index contributed by atoms with van der Waals surface area (Å²) in [6.07, 6.45) is -4.43. The molecule has 0 atom stereocenters. The van der Waals surface area contributed by atoms with Crippen molar-refractivity contribution in [2.45, 2.75) is 24.2 Å². The van der Waals surface area contributed by atoms with Crippen molar-refractivity contribution < 1.29 is 26.4 Å². The van der Waals surface area contributed by atoms with Gasteiger partial charge in [-0.05, 0) is 48.5 Å². The van der Waals surface area contributed by atoms with Crippen molar-refractivity contribution in [1.82, 2.24) is 10.0 Å². The van der Waals surface area contributed by atoms with Crippen LogP contribution in [0.4, 0.5) is 18.9 Å². The Morgan fingerprint density at radius 3 is 2.12 bits per heavy atom. The average Bonchev–Trinajstić information content (AvgIpc) is 2.81. The van der Waals surface area contributed by atoms with Crippen LogP contribution in [0.15, 0.2) is 77.7 Å². The highest BCUT2D eigenvalue weighted by atomic mass is 32.2. The fraction of sp³-hybridized carbons (Fsp3) is 0.174. The molecule has 0 aromatic heterocycles. The predicted molar refractivity (Wildman–Crippen MR) is 119 cm³/mol. The fourth-order valence-corrected chi connectivity index (χ4v) is 3.79. The molecule has 3 rings (SSSR count). The maximum absolute atomic E-state index is 12.9. The third kappa shape index (κ3) is 6.33. The first-order valence-corrected chi connectivity index (χ1v) is 11.4. The molecular formula is C23H22F3N3O3S. The monoisotopic (exact) mass is 477 g/mol. The van der Waals surface area contributed by atoms with Gasteiger partial charge >= 0.3 is 6.18 Å². The minimum absolute atomic E-state index is 0.0880. The maximum Gasteiger partial charge on any atom is 0.416 e. The molecule has 3 aromatic rings. The third-order valence-electron chi connectivity index (χ3n) is 4.87. The van der Waals surface area contributed by atoms with Crippen LogP contribution in [0.3, 0.4) is 0 Å². The Balaban J connectivity index is 1.82. The number of halogens is 3. The van der Waals surface area contributed by atoms with Gasteiger partial charge in [0.05, 0.1) is 16.0 Å². The van der Waals surface area contributed by atoms with Crippen LogP contribution in [-0.2, 0) is 29.3 Å². The van der Waals surface area contributed by atoms with E-state index in [1.54, 1.807) is 0 Å². The van der Waals surface area contributed by atoms with Gasteiger partial charge in [-0.2, -0.15) is 13.2 Å². The number of sulfonamides is 1. The van der Waals surface area contributed by atoms with Crippen molar-refractivity contribution in [3.63, 3.8) is 0 Å². The summed E-state index contributed by atoms with van der Waals surface area (Å²) in [6, 6.07) is 17.9. The molecule has 0 radical (unpaired) electrons. The van der Waals surface area contributed by atoms with E-state index in [2.05, 4.69) is 15.4 Å². The van der Waals surface area contributed by atoms with E-state index in [0.29, 0.717) is 11.3 Å². The Bertz CT molecular complexity index is 1210. The van der Waals surface area contributed by atoms with Crippen LogP contribution in [0.1, 0.15) is 27.0 Å². The van der Waals surface area contributed by atoms with Crippen molar-refractivity contribution in [1.29, 1.82) is 0 Å². The third-order valence-corrected chi connectivity index (χ3v) is 6.29. The molecule has 0 saturated heterocycles. The van der Waals surface area contributed by atoms with Crippen molar-refractivity contribution in [3.05, 3.63) is 95.1 Å². The van der Waals surface area contributed by atoms with Gasteiger partial charge in [0.25, 0.3) is 5.91 Å². The highest BCUT2D eigenvalue weighted by Crippen LogP contribution is 2.29. The van der Waals surface area contributed by atoms with E-state index in [0.717, 1.165) is 17.7 Å². The molecule has 33 heavy (non-hydrogen) atoms. The van der Waals surface area contributed by atoms with E-state index in [4.69, 9.17) is 0 Å². The second kappa shape index (κ2) is 10.1. The molecule has 0 aliphatic rings. The van der Waals surface area contributed by atoms with Crippen molar-refractivity contribution in [2.24, 2.45) is 0 Å². The largest absolute Gasteiger partial charge is 0.416 e. The molecule has 0 spiro atoms. The molecule has 6 nitrogen and oxygen atoms in total. The highest BCUT2D eigenvalue weighted by molar-refractivity contribution is 7.89. The lowest BCUT2D eigenvalue weighted by Gasteiger charge is -2.15. The summed E-state index contributed by atoms with van der Waals surface area (Å²) in [5.41, 5.74) is 1.10. The first kappa shape index (κ1) is 24.3. The summed E-state index contributed by atoms with van der Waals surface area (Å²) in [5.74, 6) is -0.498. The normalized spacial score (nSPS) is 11.8. The Morgan fingerprint density at radius 2 is 1.52 bits per heavy atom. The number of nitrogens with one attached hydrogen (secondary N) is 3. The van der Waals surface area contributed by atoms with Gasteiger partial charge in [-0.15, -0.1) is 0 Å². The molecule has 10 heteroatoms. The first-order chi connectivity index (χ1) is 15.6. The maximum atomic E-state index is 12.9. The van der Waals surface area contributed by atoms with E-state index >= 15 is 0 Å². The predicted octanol–water partition coefficient (Wildman–Crippen LogP) is 4.16. The van der Waals surface area contributed by atoms with Crippen molar-refractivity contribution >= 4 is 21.6 Å². The molecule has 1 amide bonds. The lowest BCUT2D eigenvalue weighted by Crippen LogP contribution is -2.25. The molecule has 0 aliphatic carbocycles. The van der Waals surface area contributed by atoms with E-state index in [1.807, 2.05) is 30.3 Å². The standard InChI is InChI=1S/C23H22F3N3O3S/c1-27-33(31,32)19-11-12-21(28-14-17-7-9-18(10-8-17)23(24,25)26)20(13-19)22(30)29-15-16-5-3-2-4-6-16/h2-13,27-28H,14-15H2,1H3,(H,29,30). The number of amides is 1. The minimum atomic E-state index is -4.43. The molecule has 0 fully saturated rings. The summed E-state index contributed by atoms with van der Waals surface area (Å²) < 4.78 is 64.9. The molecular weight excluding hydrogens is 455 g/mol. The molecule has 3 N–H and O–H groups in total. The Kier molecular flexibility index (Phi) is 7.39. The zero-order valence-electron chi connectivity index (χ0n) is 17.6. The Labute approximate surface area is 189 Å². The van der Waals surface area contributed by atoms with E-state index in [-0.39, 0.29) is 23.5 Å². The van der Waals surface area contributed by atoms with Gasteiger partial charge in [0.1, 0.15) is 0 Å². The van der Waals surface area contributed by atoms with Crippen LogP contribution in [-0.4, -0.2) is 21.4 Å². The number of anilines is 1. The topological polar surface area (TPSA) is 87.3 Å². The lowest BCUT2D eigenvalue weighted by molar-refractivity contribution is -0.137. The van der Waals surface area contributed by atoms with Gasteiger partial charge in [0.15, 0.2) is 0 Å². The van der Waals surface area contributed by atoms with Gasteiger partial charge in [0.2, 0.25) is 10.0 Å². The SMILES string of the molecule is CNS(=O)(=O)c1ccc(NCc2ccc(C(F)(F)F)cc2)c(C(=O)NCc2ccccc2)c1. The zero-order valence-corrected chi connectivity index (χ0v) is 18.4. The first-order valence-electron chi connectivity index (χ1n) is 9.90. The Hall–Kier alpha value is -3.37. The summed E-state index contributed by atoms with van der Waals surface area (Å²) in [7, 11) is -2.52. The van der Waals surface area contributed by atoms with Crippen LogP contribution >= 0.6 is 0 Å². The van der Waals surface area contributed by atoms with Crippen molar-refractivity contribution in [2.75, 3.05) is 12.4 Å². The molecule has 0 heterocycles. The number of hydrogen-bond acceptors (Lipinski definition) is 4. The molecule has 174 valence electrons. The van der Waals surface area contributed by atoms with Crippen LogP contribution in [0.5, 0.6) is 0 Å². The summed E-state index contributed by atoms with van der Waals surface area (Å²) in [4.78, 5) is 12.8. The molecule has 3 aromatic carbocycles. The second-order valence-electron chi connectivity index (χ2n) is 7.13. The molecule has 0 bridgehead atoms. The van der Waals surface area contributed by atoms with Gasteiger partial charge in [-0.1, -0.05) is 42.5 Å². The molecule has 0 unspecified atom stereocenters. The Morgan fingerprint density at radius 1 is 0.879 bits per heavy atom. The molecule has 0 saturated carbocycles. The molecule has 0 aliphatic heterocycles. The van der Waals surface area contributed by atoms with Gasteiger partial charge in [-0.25, -0.2) is 13.1 Å². The van der Waals surface area contributed by atoms with E-state index < -0.39 is 27.7 Å². The quantitative estimate of drug-likeness (QED) is 0.455. The number of alkyl halides is 3. The number of carbonyl (C=O) groups excluding carboxylic acids is 1. The van der Waals surface area contributed by atoms with Crippen LogP contribution in [0.2, 0.25) is 0 Å². The number of hydrogen-bond donors (Lipinski definition) is 3. The minimum Gasteiger partial charge on any atom is -0.380 e. The highest BCUT2D eigenvalue weighted by Gasteiger charge is 2.29. The van der Waals surface area contributed by atoms with E-state index in [1.165, 1.54) is 37.4 Å². The van der Waals surface area contributed by atoms with Crippen LogP contribution in [0.25, 0.3) is 0 Å². The lowest BCUT2D eigenvalue weighted by atomic mass is 10.1. The van der Waals surface area contributed by atoms with Crippen LogP contribution in [0, 0.1) is 0 Å². The zero-order chi connectivity index (χ0) is 24.1. The van der Waals surface area contributed by atoms with Crippen molar-refractivity contribution in [3.8, 4) is 0 Å². The number of benzene rings is 3. The summed E-state index contributed by atoms with van der Waals surface area (Å²) in [5, 5.41) is 5.76. The van der Waals surface area contributed by atoms with Crippen LogP contribution < -0.4 is 15.4 Å². The average molecular weight is 478 g/mol.